The number of benzene rings is 7. The molecule has 3 nitrogen and oxygen atoms in total. The Labute approximate surface area is 259 Å². The van der Waals surface area contributed by atoms with Crippen molar-refractivity contribution >= 4 is 82.4 Å². The lowest BCUT2D eigenvalue weighted by atomic mass is 9.95. The molecule has 10 aromatic rings. The standard InChI is InChI=1S/C42H26N2O/c1-3-12-27(13-4-1)43(28-14-5-2-6-15-28)29-16-9-17-30(26-29)44-35-22-10-20-33-31-18-7-8-19-32(31)34-21-11-23-37-40(34)42-38(45-37)25-24-36(44)41(42)39(33)35/h1-26H. The van der Waals surface area contributed by atoms with E-state index in [-0.39, 0.29) is 0 Å². The van der Waals surface area contributed by atoms with E-state index in [1.54, 1.807) is 0 Å². The molecule has 0 unspecified atom stereocenters. The van der Waals surface area contributed by atoms with Crippen molar-refractivity contribution in [1.82, 2.24) is 4.57 Å². The third-order valence-electron chi connectivity index (χ3n) is 9.30. The fourth-order valence-electron chi connectivity index (χ4n) is 7.51. The second-order valence-corrected chi connectivity index (χ2v) is 11.7. The molecule has 0 aliphatic rings. The maximum atomic E-state index is 6.54. The molecule has 10 rings (SSSR count). The smallest absolute Gasteiger partial charge is 0.136 e. The summed E-state index contributed by atoms with van der Waals surface area (Å²) in [6.45, 7) is 0. The largest absolute Gasteiger partial charge is 0.456 e. The molecular weight excluding hydrogens is 548 g/mol. The molecule has 2 heterocycles. The average Bonchev–Trinajstić information content (AvgIpc) is 3.65. The lowest BCUT2D eigenvalue weighted by molar-refractivity contribution is 0.669. The molecule has 3 heteroatoms. The van der Waals surface area contributed by atoms with Crippen molar-refractivity contribution in [3.8, 4) is 5.69 Å². The topological polar surface area (TPSA) is 21.3 Å². The molecule has 8 aromatic carbocycles. The van der Waals surface area contributed by atoms with Gasteiger partial charge in [-0.25, -0.2) is 0 Å². The van der Waals surface area contributed by atoms with Crippen molar-refractivity contribution < 1.29 is 4.42 Å². The van der Waals surface area contributed by atoms with Gasteiger partial charge in [0.25, 0.3) is 0 Å². The molecule has 0 N–H and O–H groups in total. The van der Waals surface area contributed by atoms with Crippen LogP contribution < -0.4 is 4.90 Å². The second kappa shape index (κ2) is 9.22. The minimum Gasteiger partial charge on any atom is -0.456 e. The molecule has 45 heavy (non-hydrogen) atoms. The Bertz CT molecular complexity index is 2660. The van der Waals surface area contributed by atoms with Gasteiger partial charge in [0.15, 0.2) is 0 Å². The Kier molecular flexibility index (Phi) is 5.00. The van der Waals surface area contributed by atoms with Gasteiger partial charge in [-0.05, 0) is 88.3 Å². The number of para-hydroxylation sites is 2. The van der Waals surface area contributed by atoms with Gasteiger partial charge in [0.2, 0.25) is 0 Å². The Hall–Kier alpha value is -6.06. The zero-order valence-electron chi connectivity index (χ0n) is 24.3. The minimum absolute atomic E-state index is 0.922. The highest BCUT2D eigenvalue weighted by atomic mass is 16.3. The van der Waals surface area contributed by atoms with Crippen molar-refractivity contribution in [1.29, 1.82) is 0 Å². The molecule has 0 bridgehead atoms. The van der Waals surface area contributed by atoms with Gasteiger partial charge < -0.3 is 13.9 Å². The Morgan fingerprint density at radius 3 is 1.67 bits per heavy atom. The van der Waals surface area contributed by atoms with Crippen LogP contribution in [-0.4, -0.2) is 4.57 Å². The quantitative estimate of drug-likeness (QED) is 0.208. The third kappa shape index (κ3) is 3.41. The summed E-state index contributed by atoms with van der Waals surface area (Å²) in [5.74, 6) is 0. The summed E-state index contributed by atoms with van der Waals surface area (Å²) in [6.07, 6.45) is 0. The number of nitrogens with zero attached hydrogens (tertiary/aromatic N) is 2. The Morgan fingerprint density at radius 2 is 0.933 bits per heavy atom. The first-order valence-electron chi connectivity index (χ1n) is 15.4. The normalized spacial score (nSPS) is 12.0. The summed E-state index contributed by atoms with van der Waals surface area (Å²) in [4.78, 5) is 2.32. The fraction of sp³-hybridized carbons (Fsp3) is 0. The van der Waals surface area contributed by atoms with Crippen molar-refractivity contribution in [3.05, 3.63) is 158 Å². The zero-order chi connectivity index (χ0) is 29.5. The van der Waals surface area contributed by atoms with E-state index in [1.807, 2.05) is 0 Å². The highest BCUT2D eigenvalue weighted by Gasteiger charge is 2.23. The highest BCUT2D eigenvalue weighted by molar-refractivity contribution is 6.38. The summed E-state index contributed by atoms with van der Waals surface area (Å²) in [5, 5.41) is 9.82. The van der Waals surface area contributed by atoms with Gasteiger partial charge in [-0.1, -0.05) is 91.0 Å². The number of rotatable bonds is 4. The van der Waals surface area contributed by atoms with Gasteiger partial charge in [-0.2, -0.15) is 0 Å². The summed E-state index contributed by atoms with van der Waals surface area (Å²) in [6, 6.07) is 56.4. The van der Waals surface area contributed by atoms with Gasteiger partial charge in [-0.15, -0.1) is 0 Å². The van der Waals surface area contributed by atoms with Crippen LogP contribution >= 0.6 is 0 Å². The highest BCUT2D eigenvalue weighted by Crippen LogP contribution is 2.47. The summed E-state index contributed by atoms with van der Waals surface area (Å²) >= 11 is 0. The van der Waals surface area contributed by atoms with Crippen LogP contribution in [0.3, 0.4) is 0 Å². The summed E-state index contributed by atoms with van der Waals surface area (Å²) in [7, 11) is 0. The van der Waals surface area contributed by atoms with E-state index in [4.69, 9.17) is 4.42 Å². The van der Waals surface area contributed by atoms with Crippen LogP contribution in [0.15, 0.2) is 162 Å². The van der Waals surface area contributed by atoms with Gasteiger partial charge in [0, 0.05) is 44.3 Å². The maximum Gasteiger partial charge on any atom is 0.136 e. The maximum absolute atomic E-state index is 6.54. The van der Waals surface area contributed by atoms with E-state index >= 15 is 0 Å². The molecule has 0 saturated heterocycles. The van der Waals surface area contributed by atoms with Crippen molar-refractivity contribution in [2.45, 2.75) is 0 Å². The first-order chi connectivity index (χ1) is 22.3. The van der Waals surface area contributed by atoms with Crippen LogP contribution in [-0.2, 0) is 0 Å². The first-order valence-corrected chi connectivity index (χ1v) is 15.4. The number of hydrogen-bond acceptors (Lipinski definition) is 2. The Balaban J connectivity index is 1.35. The molecule has 210 valence electrons. The van der Waals surface area contributed by atoms with Crippen molar-refractivity contribution in [3.63, 3.8) is 0 Å². The molecule has 2 aromatic heterocycles. The molecule has 0 atom stereocenters. The van der Waals surface area contributed by atoms with Crippen LogP contribution in [0.5, 0.6) is 0 Å². The number of fused-ring (bicyclic) bond motifs is 3. The minimum atomic E-state index is 0.922. The van der Waals surface area contributed by atoms with Crippen LogP contribution in [0.2, 0.25) is 0 Å². The number of aromatic nitrogens is 1. The SMILES string of the molecule is c1ccc(N(c2ccccc2)c2cccc(-n3c4cccc5c6ccccc6c6cccc7oc8ccc3c(c8c76)c54)c2)cc1. The average molecular weight is 575 g/mol. The van der Waals surface area contributed by atoms with E-state index in [9.17, 15) is 0 Å². The van der Waals surface area contributed by atoms with Gasteiger partial charge >= 0.3 is 0 Å². The van der Waals surface area contributed by atoms with Crippen LogP contribution in [0.4, 0.5) is 17.1 Å². The predicted molar refractivity (Wildman–Crippen MR) is 189 cm³/mol. The van der Waals surface area contributed by atoms with Crippen molar-refractivity contribution in [2.75, 3.05) is 4.90 Å². The molecule has 0 aliphatic carbocycles. The summed E-state index contributed by atoms with van der Waals surface area (Å²) in [5.41, 5.74) is 8.65. The van der Waals surface area contributed by atoms with E-state index in [2.05, 4.69) is 167 Å². The lowest BCUT2D eigenvalue weighted by Gasteiger charge is -2.26. The molecule has 0 spiro atoms. The van der Waals surface area contributed by atoms with Crippen LogP contribution in [0, 0.1) is 0 Å². The lowest BCUT2D eigenvalue weighted by Crippen LogP contribution is -2.10. The zero-order valence-corrected chi connectivity index (χ0v) is 24.3. The number of anilines is 3. The molecule has 0 fully saturated rings. The molecular formula is C42H26N2O. The molecule has 0 aliphatic heterocycles. The molecule has 0 amide bonds. The van der Waals surface area contributed by atoms with Gasteiger partial charge in [0.1, 0.15) is 11.2 Å². The monoisotopic (exact) mass is 574 g/mol. The van der Waals surface area contributed by atoms with Crippen LogP contribution in [0.25, 0.3) is 71.0 Å². The van der Waals surface area contributed by atoms with Crippen LogP contribution in [0.1, 0.15) is 0 Å². The first kappa shape index (κ1) is 24.4. The van der Waals surface area contributed by atoms with E-state index in [0.717, 1.165) is 33.9 Å². The predicted octanol–water partition coefficient (Wildman–Crippen LogP) is 11.9. The van der Waals surface area contributed by atoms with Gasteiger partial charge in [-0.3, -0.25) is 0 Å². The van der Waals surface area contributed by atoms with E-state index in [0.29, 0.717) is 0 Å². The Morgan fingerprint density at radius 1 is 0.378 bits per heavy atom. The number of hydrogen-bond donors (Lipinski definition) is 0. The fourth-order valence-corrected chi connectivity index (χ4v) is 7.51. The molecule has 0 radical (unpaired) electrons. The van der Waals surface area contributed by atoms with E-state index in [1.165, 1.54) is 54.1 Å². The number of furan rings is 1. The van der Waals surface area contributed by atoms with E-state index < -0.39 is 0 Å². The van der Waals surface area contributed by atoms with Gasteiger partial charge in [0.05, 0.1) is 11.0 Å². The second-order valence-electron chi connectivity index (χ2n) is 11.7. The summed E-state index contributed by atoms with van der Waals surface area (Å²) < 4.78 is 8.97. The van der Waals surface area contributed by atoms with Crippen molar-refractivity contribution in [2.24, 2.45) is 0 Å². The molecule has 0 saturated carbocycles. The third-order valence-corrected chi connectivity index (χ3v) is 9.30.